The van der Waals surface area contributed by atoms with Crippen LogP contribution in [0.1, 0.15) is 6.42 Å². The first kappa shape index (κ1) is 10.7. The quantitative estimate of drug-likeness (QED) is 0.884. The molecule has 0 aliphatic carbocycles. The first-order valence-corrected chi connectivity index (χ1v) is 4.54. The van der Waals surface area contributed by atoms with Gasteiger partial charge >= 0.3 is 0 Å². The molecule has 0 heterocycles. The highest BCUT2D eigenvalue weighted by Crippen LogP contribution is 2.19. The number of hydrogen-bond donors (Lipinski definition) is 1. The lowest BCUT2D eigenvalue weighted by molar-refractivity contribution is -0.115. The first-order chi connectivity index (χ1) is 6.63. The van der Waals surface area contributed by atoms with E-state index in [1.807, 2.05) is 0 Å². The summed E-state index contributed by atoms with van der Waals surface area (Å²) < 4.78 is 13.3. The zero-order valence-electron chi connectivity index (χ0n) is 7.05. The van der Waals surface area contributed by atoms with Crippen molar-refractivity contribution in [2.45, 2.75) is 6.42 Å². The molecule has 0 aliphatic rings. The predicted octanol–water partition coefficient (Wildman–Crippen LogP) is 2.44. The van der Waals surface area contributed by atoms with Crippen molar-refractivity contribution in [3.05, 3.63) is 28.5 Å². The summed E-state index contributed by atoms with van der Waals surface area (Å²) in [6.07, 6.45) is -0.238. The number of nitriles is 1. The molecule has 72 valence electrons. The van der Waals surface area contributed by atoms with E-state index in [9.17, 15) is 9.18 Å². The van der Waals surface area contributed by atoms with Gasteiger partial charge in [0.15, 0.2) is 0 Å². The first-order valence-electron chi connectivity index (χ1n) is 3.75. The molecule has 1 aromatic rings. The van der Waals surface area contributed by atoms with E-state index in [0.29, 0.717) is 10.2 Å². The van der Waals surface area contributed by atoms with Crippen LogP contribution in [0.2, 0.25) is 0 Å². The van der Waals surface area contributed by atoms with Crippen LogP contribution in [0.3, 0.4) is 0 Å². The second kappa shape index (κ2) is 4.72. The second-order valence-electron chi connectivity index (χ2n) is 2.51. The summed E-state index contributed by atoms with van der Waals surface area (Å²) in [5, 5.41) is 10.6. The fourth-order valence-corrected chi connectivity index (χ4v) is 1.10. The Morgan fingerprint density at radius 2 is 2.36 bits per heavy atom. The molecule has 0 unspecified atom stereocenters. The maximum atomic E-state index is 13.0. The van der Waals surface area contributed by atoms with Crippen molar-refractivity contribution in [3.63, 3.8) is 0 Å². The van der Waals surface area contributed by atoms with Crippen LogP contribution >= 0.6 is 15.9 Å². The Balaban J connectivity index is 2.74. The van der Waals surface area contributed by atoms with Crippen LogP contribution in [0.5, 0.6) is 0 Å². The van der Waals surface area contributed by atoms with Crippen molar-refractivity contribution < 1.29 is 9.18 Å². The molecule has 0 spiro atoms. The number of nitrogens with one attached hydrogen (secondary N) is 1. The third-order valence-electron chi connectivity index (χ3n) is 1.44. The zero-order chi connectivity index (χ0) is 10.6. The molecule has 0 aliphatic heterocycles. The van der Waals surface area contributed by atoms with Gasteiger partial charge in [-0.05, 0) is 34.1 Å². The summed E-state index contributed by atoms with van der Waals surface area (Å²) in [5.74, 6) is -0.908. The van der Waals surface area contributed by atoms with E-state index in [-0.39, 0.29) is 6.42 Å². The SMILES string of the molecule is N#CCC(=O)Nc1ccc(Br)c(F)c1. The lowest BCUT2D eigenvalue weighted by Crippen LogP contribution is -2.10. The van der Waals surface area contributed by atoms with Crippen molar-refractivity contribution in [1.29, 1.82) is 5.26 Å². The van der Waals surface area contributed by atoms with Crippen molar-refractivity contribution >= 4 is 27.5 Å². The topological polar surface area (TPSA) is 52.9 Å². The van der Waals surface area contributed by atoms with Gasteiger partial charge < -0.3 is 5.32 Å². The number of rotatable bonds is 2. The number of nitrogens with zero attached hydrogens (tertiary/aromatic N) is 1. The molecular weight excluding hydrogens is 251 g/mol. The fraction of sp³-hybridized carbons (Fsp3) is 0.111. The molecule has 0 saturated heterocycles. The number of halogens is 2. The highest BCUT2D eigenvalue weighted by molar-refractivity contribution is 9.10. The smallest absolute Gasteiger partial charge is 0.238 e. The summed E-state index contributed by atoms with van der Waals surface area (Å²) in [7, 11) is 0. The third-order valence-corrected chi connectivity index (χ3v) is 2.09. The molecule has 3 nitrogen and oxygen atoms in total. The number of hydrogen-bond acceptors (Lipinski definition) is 2. The lowest BCUT2D eigenvalue weighted by Gasteiger charge is -2.02. The lowest BCUT2D eigenvalue weighted by atomic mass is 10.3. The van der Waals surface area contributed by atoms with Crippen molar-refractivity contribution in [2.24, 2.45) is 0 Å². The summed E-state index contributed by atoms with van der Waals surface area (Å²) in [5.41, 5.74) is 0.339. The van der Waals surface area contributed by atoms with Gasteiger partial charge in [-0.2, -0.15) is 5.26 Å². The molecule has 14 heavy (non-hydrogen) atoms. The van der Waals surface area contributed by atoms with Crippen molar-refractivity contribution in [3.8, 4) is 6.07 Å². The minimum atomic E-state index is -0.459. The highest BCUT2D eigenvalue weighted by Gasteiger charge is 2.03. The predicted molar refractivity (Wildman–Crippen MR) is 53.0 cm³/mol. The average Bonchev–Trinajstić information content (AvgIpc) is 2.12. The molecule has 1 rings (SSSR count). The third kappa shape index (κ3) is 2.82. The van der Waals surface area contributed by atoms with E-state index in [0.717, 1.165) is 0 Å². The van der Waals surface area contributed by atoms with Crippen molar-refractivity contribution in [2.75, 3.05) is 5.32 Å². The van der Waals surface area contributed by atoms with Gasteiger partial charge in [0.2, 0.25) is 5.91 Å². The van der Waals surface area contributed by atoms with Gasteiger partial charge in [-0.3, -0.25) is 4.79 Å². The number of benzene rings is 1. The van der Waals surface area contributed by atoms with E-state index in [2.05, 4.69) is 21.2 Å². The summed E-state index contributed by atoms with van der Waals surface area (Å²) in [4.78, 5) is 10.9. The van der Waals surface area contributed by atoms with Gasteiger partial charge in [-0.25, -0.2) is 4.39 Å². The maximum Gasteiger partial charge on any atom is 0.238 e. The minimum Gasteiger partial charge on any atom is -0.325 e. The summed E-state index contributed by atoms with van der Waals surface area (Å²) >= 11 is 2.99. The largest absolute Gasteiger partial charge is 0.325 e. The molecular formula is C9H6BrFN2O. The minimum absolute atomic E-state index is 0.238. The average molecular weight is 257 g/mol. The molecule has 0 fully saturated rings. The second-order valence-corrected chi connectivity index (χ2v) is 3.37. The van der Waals surface area contributed by atoms with E-state index in [1.165, 1.54) is 12.1 Å². The molecule has 0 aromatic heterocycles. The molecule has 1 aromatic carbocycles. The maximum absolute atomic E-state index is 13.0. The normalized spacial score (nSPS) is 9.21. The number of carbonyl (C=O) groups excluding carboxylic acids is 1. The zero-order valence-corrected chi connectivity index (χ0v) is 8.64. The van der Waals surface area contributed by atoms with Crippen LogP contribution in [0.25, 0.3) is 0 Å². The number of carbonyl (C=O) groups is 1. The Labute approximate surface area is 88.7 Å². The summed E-state index contributed by atoms with van der Waals surface area (Å²) in [6.45, 7) is 0. The van der Waals surface area contributed by atoms with Crippen LogP contribution in [0.4, 0.5) is 10.1 Å². The van der Waals surface area contributed by atoms with E-state index < -0.39 is 11.7 Å². The van der Waals surface area contributed by atoms with Crippen LogP contribution in [-0.2, 0) is 4.79 Å². The molecule has 0 atom stereocenters. The van der Waals surface area contributed by atoms with Crippen LogP contribution in [0.15, 0.2) is 22.7 Å². The van der Waals surface area contributed by atoms with Crippen molar-refractivity contribution in [1.82, 2.24) is 0 Å². The fourth-order valence-electron chi connectivity index (χ4n) is 0.851. The monoisotopic (exact) mass is 256 g/mol. The van der Waals surface area contributed by atoms with Crippen LogP contribution in [0, 0.1) is 17.1 Å². The van der Waals surface area contributed by atoms with Gasteiger partial charge in [-0.1, -0.05) is 0 Å². The van der Waals surface area contributed by atoms with Gasteiger partial charge in [0.05, 0.1) is 10.5 Å². The van der Waals surface area contributed by atoms with Gasteiger partial charge in [0.25, 0.3) is 0 Å². The Bertz CT molecular complexity index is 400. The molecule has 5 heteroatoms. The number of anilines is 1. The van der Waals surface area contributed by atoms with Crippen LogP contribution < -0.4 is 5.32 Å². The molecule has 1 N–H and O–H groups in total. The molecule has 0 radical (unpaired) electrons. The Hall–Kier alpha value is -1.41. The van der Waals surface area contributed by atoms with E-state index >= 15 is 0 Å². The molecule has 0 bridgehead atoms. The standard InChI is InChI=1S/C9H6BrFN2O/c10-7-2-1-6(5-8(7)11)13-9(14)3-4-12/h1-2,5H,3H2,(H,13,14). The Morgan fingerprint density at radius 1 is 1.64 bits per heavy atom. The molecule has 1 amide bonds. The van der Waals surface area contributed by atoms with Crippen LogP contribution in [-0.4, -0.2) is 5.91 Å². The van der Waals surface area contributed by atoms with Gasteiger partial charge in [0, 0.05) is 5.69 Å². The highest BCUT2D eigenvalue weighted by atomic mass is 79.9. The Morgan fingerprint density at radius 3 is 2.93 bits per heavy atom. The number of amides is 1. The van der Waals surface area contributed by atoms with Gasteiger partial charge in [-0.15, -0.1) is 0 Å². The van der Waals surface area contributed by atoms with Gasteiger partial charge in [0.1, 0.15) is 12.2 Å². The van der Waals surface area contributed by atoms with E-state index in [4.69, 9.17) is 5.26 Å². The Kier molecular flexibility index (Phi) is 3.60. The van der Waals surface area contributed by atoms with E-state index in [1.54, 1.807) is 12.1 Å². The summed E-state index contributed by atoms with van der Waals surface area (Å²) in [6, 6.07) is 5.91. The molecule has 0 saturated carbocycles.